The van der Waals surface area contributed by atoms with E-state index in [2.05, 4.69) is 12.1 Å². The molecule has 1 heterocycles. The number of nitrogens with two attached hydrogens (primary N) is 1. The predicted octanol–water partition coefficient (Wildman–Crippen LogP) is 2.92. The first-order chi connectivity index (χ1) is 11.0. The van der Waals surface area contributed by atoms with Crippen LogP contribution in [0.25, 0.3) is 0 Å². The zero-order chi connectivity index (χ0) is 16.4. The lowest BCUT2D eigenvalue weighted by Gasteiger charge is -2.39. The second-order valence-corrected chi connectivity index (χ2v) is 7.35. The Morgan fingerprint density at radius 1 is 1.26 bits per heavy atom. The van der Waals surface area contributed by atoms with E-state index < -0.39 is 0 Å². The number of hydrogen-bond donors (Lipinski definition) is 1. The van der Waals surface area contributed by atoms with Crippen molar-refractivity contribution in [2.24, 2.45) is 11.7 Å². The quantitative estimate of drug-likeness (QED) is 0.933. The Hall–Kier alpha value is -1.55. The molecule has 4 nitrogen and oxygen atoms in total. The number of methoxy groups -OCH3 is 1. The lowest BCUT2D eigenvalue weighted by molar-refractivity contribution is -0.137. The molecule has 1 saturated carbocycles. The summed E-state index contributed by atoms with van der Waals surface area (Å²) < 4.78 is 5.21. The van der Waals surface area contributed by atoms with Crippen molar-refractivity contribution >= 4 is 5.91 Å². The summed E-state index contributed by atoms with van der Waals surface area (Å²) >= 11 is 0. The molecule has 0 spiro atoms. The van der Waals surface area contributed by atoms with Crippen molar-refractivity contribution in [1.82, 2.24) is 4.90 Å². The molecular weight excluding hydrogens is 288 g/mol. The number of benzene rings is 1. The fourth-order valence-corrected chi connectivity index (χ4v) is 4.09. The van der Waals surface area contributed by atoms with Gasteiger partial charge in [-0.1, -0.05) is 25.0 Å². The average molecular weight is 316 g/mol. The van der Waals surface area contributed by atoms with E-state index in [1.165, 1.54) is 5.56 Å². The van der Waals surface area contributed by atoms with Gasteiger partial charge >= 0.3 is 0 Å². The molecule has 1 aromatic carbocycles. The molecule has 126 valence electrons. The monoisotopic (exact) mass is 316 g/mol. The van der Waals surface area contributed by atoms with Gasteiger partial charge in [-0.25, -0.2) is 0 Å². The molecule has 3 unspecified atom stereocenters. The van der Waals surface area contributed by atoms with Crippen molar-refractivity contribution in [3.63, 3.8) is 0 Å². The Kier molecular flexibility index (Phi) is 4.62. The summed E-state index contributed by atoms with van der Waals surface area (Å²) in [5, 5.41) is 0. The Labute approximate surface area is 139 Å². The van der Waals surface area contributed by atoms with Gasteiger partial charge < -0.3 is 15.4 Å². The summed E-state index contributed by atoms with van der Waals surface area (Å²) in [6.45, 7) is 3.71. The van der Waals surface area contributed by atoms with Crippen LogP contribution in [0.4, 0.5) is 0 Å². The molecule has 3 atom stereocenters. The molecule has 2 aliphatic rings. The number of rotatable bonds is 3. The molecule has 1 aliphatic heterocycles. The first kappa shape index (κ1) is 16.3. The third kappa shape index (κ3) is 3.37. The van der Waals surface area contributed by atoms with Crippen LogP contribution in [0.2, 0.25) is 0 Å². The normalized spacial score (nSPS) is 31.2. The molecule has 1 amide bonds. The molecule has 3 rings (SSSR count). The lowest BCUT2D eigenvalue weighted by Crippen LogP contribution is -2.53. The largest absolute Gasteiger partial charge is 0.497 e. The van der Waals surface area contributed by atoms with E-state index in [9.17, 15) is 4.79 Å². The minimum Gasteiger partial charge on any atom is -0.497 e. The van der Waals surface area contributed by atoms with Crippen molar-refractivity contribution in [1.29, 1.82) is 0 Å². The van der Waals surface area contributed by atoms with Crippen LogP contribution in [0.1, 0.15) is 50.5 Å². The summed E-state index contributed by atoms with van der Waals surface area (Å²) in [5.41, 5.74) is 7.36. The van der Waals surface area contributed by atoms with Crippen molar-refractivity contribution in [2.75, 3.05) is 20.2 Å². The zero-order valence-corrected chi connectivity index (χ0v) is 14.3. The van der Waals surface area contributed by atoms with Crippen LogP contribution in [0.5, 0.6) is 5.75 Å². The van der Waals surface area contributed by atoms with Gasteiger partial charge in [-0.3, -0.25) is 4.79 Å². The maximum atomic E-state index is 12.9. The van der Waals surface area contributed by atoms with Crippen LogP contribution in [0.15, 0.2) is 24.3 Å². The minimum atomic E-state index is -0.340. The Morgan fingerprint density at radius 2 is 2.00 bits per heavy atom. The molecule has 0 radical (unpaired) electrons. The number of carbonyl (C=O) groups is 1. The van der Waals surface area contributed by atoms with Crippen molar-refractivity contribution in [3.05, 3.63) is 29.8 Å². The number of hydrogen-bond acceptors (Lipinski definition) is 3. The Balaban J connectivity index is 1.65. The van der Waals surface area contributed by atoms with Crippen LogP contribution in [0, 0.1) is 5.92 Å². The van der Waals surface area contributed by atoms with Gasteiger partial charge in [0.1, 0.15) is 5.75 Å². The van der Waals surface area contributed by atoms with Crippen LogP contribution < -0.4 is 10.5 Å². The molecule has 2 N–H and O–H groups in total. The first-order valence-corrected chi connectivity index (χ1v) is 8.73. The Bertz CT molecular complexity index is 553. The summed E-state index contributed by atoms with van der Waals surface area (Å²) in [6, 6.07) is 8.23. The molecule has 4 heteroatoms. The molecule has 23 heavy (non-hydrogen) atoms. The lowest BCUT2D eigenvalue weighted by atomic mass is 9.74. The fourth-order valence-electron chi connectivity index (χ4n) is 4.09. The van der Waals surface area contributed by atoms with Crippen LogP contribution in [-0.2, 0) is 4.79 Å². The molecular formula is C19H28N2O2. The highest BCUT2D eigenvalue weighted by molar-refractivity contribution is 5.80. The van der Waals surface area contributed by atoms with E-state index in [0.717, 1.165) is 50.9 Å². The van der Waals surface area contributed by atoms with Gasteiger partial charge in [0, 0.05) is 24.5 Å². The molecule has 1 aromatic rings. The molecule has 2 fully saturated rings. The maximum absolute atomic E-state index is 12.9. The second kappa shape index (κ2) is 6.52. The van der Waals surface area contributed by atoms with Crippen molar-refractivity contribution in [2.45, 2.75) is 50.5 Å². The van der Waals surface area contributed by atoms with Crippen molar-refractivity contribution < 1.29 is 9.53 Å². The number of ether oxygens (including phenoxy) is 1. The van der Waals surface area contributed by atoms with Gasteiger partial charge in [0.05, 0.1) is 13.0 Å². The standard InChI is InChI=1S/C19H28N2O2/c1-19(20)11-4-3-5-17(19)18(22)21-12-10-15(13-21)14-6-8-16(23-2)9-7-14/h6-9,15,17H,3-5,10-13,20H2,1-2H3. The number of nitrogens with zero attached hydrogens (tertiary/aromatic N) is 1. The number of amides is 1. The third-order valence-electron chi connectivity index (χ3n) is 5.64. The first-order valence-electron chi connectivity index (χ1n) is 8.73. The van der Waals surface area contributed by atoms with E-state index in [1.54, 1.807) is 7.11 Å². The smallest absolute Gasteiger partial charge is 0.227 e. The van der Waals surface area contributed by atoms with E-state index >= 15 is 0 Å². The van der Waals surface area contributed by atoms with Crippen molar-refractivity contribution in [3.8, 4) is 5.75 Å². The molecule has 0 aromatic heterocycles. The third-order valence-corrected chi connectivity index (χ3v) is 5.64. The molecule has 1 saturated heterocycles. The van der Waals surface area contributed by atoms with Gasteiger partial charge in [0.25, 0.3) is 0 Å². The maximum Gasteiger partial charge on any atom is 0.227 e. The summed E-state index contributed by atoms with van der Waals surface area (Å²) in [7, 11) is 1.68. The zero-order valence-electron chi connectivity index (χ0n) is 14.3. The highest BCUT2D eigenvalue weighted by Crippen LogP contribution is 2.35. The summed E-state index contributed by atoms with van der Waals surface area (Å²) in [6.07, 6.45) is 5.20. The van der Waals surface area contributed by atoms with E-state index in [1.807, 2.05) is 24.0 Å². The summed E-state index contributed by atoms with van der Waals surface area (Å²) in [5.74, 6) is 1.56. The topological polar surface area (TPSA) is 55.6 Å². The van der Waals surface area contributed by atoms with Gasteiger partial charge in [0.15, 0.2) is 0 Å². The average Bonchev–Trinajstić information content (AvgIpc) is 3.04. The Morgan fingerprint density at radius 3 is 2.65 bits per heavy atom. The SMILES string of the molecule is COc1ccc(C2CCN(C(=O)C3CCCCC3(C)N)C2)cc1. The highest BCUT2D eigenvalue weighted by atomic mass is 16.5. The van der Waals surface area contributed by atoms with Gasteiger partial charge in [-0.15, -0.1) is 0 Å². The number of likely N-dealkylation sites (tertiary alicyclic amines) is 1. The van der Waals surface area contributed by atoms with Crippen LogP contribution >= 0.6 is 0 Å². The van der Waals surface area contributed by atoms with E-state index in [0.29, 0.717) is 5.92 Å². The molecule has 1 aliphatic carbocycles. The summed E-state index contributed by atoms with van der Waals surface area (Å²) in [4.78, 5) is 15.0. The predicted molar refractivity (Wildman–Crippen MR) is 91.5 cm³/mol. The van der Waals surface area contributed by atoms with Gasteiger partial charge in [-0.2, -0.15) is 0 Å². The van der Waals surface area contributed by atoms with Gasteiger partial charge in [-0.05, 0) is 43.9 Å². The second-order valence-electron chi connectivity index (χ2n) is 7.35. The minimum absolute atomic E-state index is 0.00846. The van der Waals surface area contributed by atoms with Crippen LogP contribution in [-0.4, -0.2) is 36.5 Å². The van der Waals surface area contributed by atoms with Crippen LogP contribution in [0.3, 0.4) is 0 Å². The fraction of sp³-hybridized carbons (Fsp3) is 0.632. The van der Waals surface area contributed by atoms with E-state index in [-0.39, 0.29) is 17.4 Å². The molecule has 0 bridgehead atoms. The van der Waals surface area contributed by atoms with Gasteiger partial charge in [0.2, 0.25) is 5.91 Å². The number of carbonyl (C=O) groups excluding carboxylic acids is 1. The highest BCUT2D eigenvalue weighted by Gasteiger charge is 2.41. The van der Waals surface area contributed by atoms with E-state index in [4.69, 9.17) is 10.5 Å².